The molecule has 0 aliphatic heterocycles. The van der Waals surface area contributed by atoms with E-state index in [-0.39, 0.29) is 0 Å². The van der Waals surface area contributed by atoms with E-state index in [1.54, 1.807) is 0 Å². The second kappa shape index (κ2) is 9.33. The van der Waals surface area contributed by atoms with E-state index in [1.807, 2.05) is 0 Å². The summed E-state index contributed by atoms with van der Waals surface area (Å²) in [5, 5.41) is 6.59. The van der Waals surface area contributed by atoms with Crippen molar-refractivity contribution in [3.8, 4) is 22.5 Å². The Balaban J connectivity index is 1.44. The van der Waals surface area contributed by atoms with Crippen LogP contribution in [0.2, 0.25) is 19.6 Å². The fourth-order valence-electron chi connectivity index (χ4n) is 6.72. The third kappa shape index (κ3) is 3.78. The summed E-state index contributed by atoms with van der Waals surface area (Å²) in [6.07, 6.45) is 0. The van der Waals surface area contributed by atoms with Gasteiger partial charge >= 0.3 is 0 Å². The number of fused-ring (bicyclic) bond motifs is 6. The molecule has 8 rings (SSSR count). The van der Waals surface area contributed by atoms with Crippen LogP contribution in [-0.4, -0.2) is 17.2 Å². The number of benzene rings is 6. The lowest BCUT2D eigenvalue weighted by molar-refractivity contribution is 1.17. The summed E-state index contributed by atoms with van der Waals surface area (Å²) >= 11 is 0. The zero-order valence-electron chi connectivity index (χ0n) is 24.2. The zero-order valence-corrected chi connectivity index (χ0v) is 25.2. The summed E-state index contributed by atoms with van der Waals surface area (Å²) in [6, 6.07) is 51.2. The zero-order chi connectivity index (χ0) is 28.4. The minimum atomic E-state index is -1.67. The SMILES string of the molecule is C[Si](C)(C)c1ccc(-c2ccccc2)cc1-n1c2ccccc2c2cc(-n3c4ccccc4c4ccccc43)ccc21. The predicted molar refractivity (Wildman–Crippen MR) is 184 cm³/mol. The van der Waals surface area contributed by atoms with E-state index in [1.165, 1.54) is 71.3 Å². The van der Waals surface area contributed by atoms with Gasteiger partial charge in [0, 0.05) is 32.9 Å². The molecule has 202 valence electrons. The molecule has 42 heavy (non-hydrogen) atoms. The van der Waals surface area contributed by atoms with Gasteiger partial charge in [-0.05, 0) is 58.8 Å². The lowest BCUT2D eigenvalue weighted by atomic mass is 10.1. The summed E-state index contributed by atoms with van der Waals surface area (Å²) in [5.41, 5.74) is 9.94. The largest absolute Gasteiger partial charge is 0.309 e. The van der Waals surface area contributed by atoms with Crippen molar-refractivity contribution in [1.82, 2.24) is 9.13 Å². The van der Waals surface area contributed by atoms with Gasteiger partial charge in [-0.2, -0.15) is 0 Å². The fraction of sp³-hybridized carbons (Fsp3) is 0.0769. The van der Waals surface area contributed by atoms with Crippen molar-refractivity contribution in [3.63, 3.8) is 0 Å². The molecular weight excluding hydrogens is 525 g/mol. The van der Waals surface area contributed by atoms with Crippen LogP contribution in [0.15, 0.2) is 140 Å². The Morgan fingerprint density at radius 3 is 1.55 bits per heavy atom. The van der Waals surface area contributed by atoms with E-state index in [0.29, 0.717) is 0 Å². The van der Waals surface area contributed by atoms with Crippen LogP contribution in [0.1, 0.15) is 0 Å². The summed E-state index contributed by atoms with van der Waals surface area (Å²) in [5.74, 6) is 0. The molecule has 6 aromatic carbocycles. The van der Waals surface area contributed by atoms with Gasteiger partial charge in [0.2, 0.25) is 0 Å². The second-order valence-corrected chi connectivity index (χ2v) is 17.3. The van der Waals surface area contributed by atoms with Gasteiger partial charge in [0.15, 0.2) is 0 Å². The first-order chi connectivity index (χ1) is 20.5. The van der Waals surface area contributed by atoms with Gasteiger partial charge in [-0.15, -0.1) is 0 Å². The molecule has 0 saturated carbocycles. The molecule has 8 aromatic rings. The van der Waals surface area contributed by atoms with Crippen LogP contribution < -0.4 is 5.19 Å². The number of aromatic nitrogens is 2. The lowest BCUT2D eigenvalue weighted by Gasteiger charge is -2.24. The molecule has 0 fully saturated rings. The Hall–Kier alpha value is -4.86. The van der Waals surface area contributed by atoms with Crippen LogP contribution in [0.25, 0.3) is 66.1 Å². The van der Waals surface area contributed by atoms with Crippen LogP contribution in [0.3, 0.4) is 0 Å². The molecule has 0 N–H and O–H groups in total. The number of nitrogens with zero attached hydrogens (tertiary/aromatic N) is 2. The predicted octanol–water partition coefficient (Wildman–Crippen LogP) is 10.1. The minimum Gasteiger partial charge on any atom is -0.309 e. The van der Waals surface area contributed by atoms with E-state index in [9.17, 15) is 0 Å². The van der Waals surface area contributed by atoms with Crippen molar-refractivity contribution in [2.24, 2.45) is 0 Å². The minimum absolute atomic E-state index is 1.19. The molecule has 0 atom stereocenters. The van der Waals surface area contributed by atoms with Crippen molar-refractivity contribution in [3.05, 3.63) is 140 Å². The van der Waals surface area contributed by atoms with E-state index < -0.39 is 8.07 Å². The molecule has 3 heteroatoms. The molecule has 0 bridgehead atoms. The highest BCUT2D eigenvalue weighted by molar-refractivity contribution is 6.89. The maximum absolute atomic E-state index is 2.51. The van der Waals surface area contributed by atoms with Crippen LogP contribution in [0.5, 0.6) is 0 Å². The smallest absolute Gasteiger partial charge is 0.0803 e. The molecule has 0 aliphatic rings. The highest BCUT2D eigenvalue weighted by Crippen LogP contribution is 2.37. The summed E-state index contributed by atoms with van der Waals surface area (Å²) < 4.78 is 4.93. The highest BCUT2D eigenvalue weighted by Gasteiger charge is 2.24. The van der Waals surface area contributed by atoms with Crippen LogP contribution >= 0.6 is 0 Å². The van der Waals surface area contributed by atoms with Crippen LogP contribution in [-0.2, 0) is 0 Å². The molecule has 2 heterocycles. The third-order valence-corrected chi connectivity index (χ3v) is 10.7. The summed E-state index contributed by atoms with van der Waals surface area (Å²) in [7, 11) is -1.67. The number of para-hydroxylation sites is 3. The molecule has 0 aliphatic carbocycles. The van der Waals surface area contributed by atoms with Gasteiger partial charge in [-0.1, -0.05) is 117 Å². The molecule has 0 spiro atoms. The van der Waals surface area contributed by atoms with Gasteiger partial charge in [-0.25, -0.2) is 0 Å². The Bertz CT molecular complexity index is 2230. The topological polar surface area (TPSA) is 9.86 Å². The Morgan fingerprint density at radius 1 is 0.405 bits per heavy atom. The molecule has 0 amide bonds. The van der Waals surface area contributed by atoms with Crippen molar-refractivity contribution >= 4 is 56.9 Å². The average molecular weight is 557 g/mol. The average Bonchev–Trinajstić information content (AvgIpc) is 3.53. The van der Waals surface area contributed by atoms with E-state index in [4.69, 9.17) is 0 Å². The lowest BCUT2D eigenvalue weighted by Crippen LogP contribution is -2.40. The normalized spacial score (nSPS) is 12.2. The Kier molecular flexibility index (Phi) is 5.53. The quantitative estimate of drug-likeness (QED) is 0.191. The number of rotatable bonds is 4. The number of hydrogen-bond donors (Lipinski definition) is 0. The molecular formula is C39H32N2Si. The van der Waals surface area contributed by atoms with Gasteiger partial charge in [-0.3, -0.25) is 0 Å². The van der Waals surface area contributed by atoms with Crippen LogP contribution in [0, 0.1) is 0 Å². The van der Waals surface area contributed by atoms with E-state index in [2.05, 4.69) is 168 Å². The van der Waals surface area contributed by atoms with Crippen molar-refractivity contribution in [2.75, 3.05) is 0 Å². The summed E-state index contributed by atoms with van der Waals surface area (Å²) in [4.78, 5) is 0. The molecule has 0 radical (unpaired) electrons. The Labute approximate surface area is 247 Å². The molecule has 2 aromatic heterocycles. The van der Waals surface area contributed by atoms with Crippen molar-refractivity contribution in [1.29, 1.82) is 0 Å². The molecule has 2 nitrogen and oxygen atoms in total. The first kappa shape index (κ1) is 24.9. The van der Waals surface area contributed by atoms with Gasteiger partial charge in [0.05, 0.1) is 30.1 Å². The first-order valence-corrected chi connectivity index (χ1v) is 18.2. The fourth-order valence-corrected chi connectivity index (χ4v) is 8.26. The second-order valence-electron chi connectivity index (χ2n) is 12.3. The van der Waals surface area contributed by atoms with Gasteiger partial charge < -0.3 is 9.13 Å². The van der Waals surface area contributed by atoms with Gasteiger partial charge in [0.25, 0.3) is 0 Å². The van der Waals surface area contributed by atoms with Gasteiger partial charge in [0.1, 0.15) is 0 Å². The third-order valence-electron chi connectivity index (χ3n) is 8.65. The molecule has 0 saturated heterocycles. The Morgan fingerprint density at radius 2 is 0.929 bits per heavy atom. The highest BCUT2D eigenvalue weighted by atomic mass is 28.3. The van der Waals surface area contributed by atoms with Crippen molar-refractivity contribution < 1.29 is 0 Å². The maximum atomic E-state index is 2.51. The van der Waals surface area contributed by atoms with Crippen LogP contribution in [0.4, 0.5) is 0 Å². The maximum Gasteiger partial charge on any atom is 0.0803 e. The number of hydrogen-bond acceptors (Lipinski definition) is 0. The standard InChI is InChI=1S/C39H32N2Si/c1-42(2,3)39-24-21-28(27-13-5-4-6-14-27)25-38(39)41-36-20-12-9-17-32(36)33-26-29(22-23-37(33)41)40-34-18-10-7-15-30(34)31-16-8-11-19-35(31)40/h4-26H,1-3H3. The monoisotopic (exact) mass is 556 g/mol. The molecule has 0 unspecified atom stereocenters. The first-order valence-electron chi connectivity index (χ1n) is 14.7. The van der Waals surface area contributed by atoms with E-state index in [0.717, 1.165) is 0 Å². The van der Waals surface area contributed by atoms with E-state index >= 15 is 0 Å². The van der Waals surface area contributed by atoms with Crippen molar-refractivity contribution in [2.45, 2.75) is 19.6 Å². The summed E-state index contributed by atoms with van der Waals surface area (Å²) in [6.45, 7) is 7.34.